The van der Waals surface area contributed by atoms with Crippen molar-refractivity contribution in [3.8, 4) is 5.75 Å². The Labute approximate surface area is 145 Å². The smallest absolute Gasteiger partial charge is 0.224 e. The molecule has 1 aromatic rings. The molecule has 1 amide bonds. The van der Waals surface area contributed by atoms with E-state index < -0.39 is 0 Å². The van der Waals surface area contributed by atoms with Gasteiger partial charge in [-0.1, -0.05) is 30.5 Å². The van der Waals surface area contributed by atoms with Crippen LogP contribution in [0.2, 0.25) is 0 Å². The maximum atomic E-state index is 12.2. The highest BCUT2D eigenvalue weighted by molar-refractivity contribution is 5.79. The third kappa shape index (κ3) is 5.52. The molecule has 1 saturated carbocycles. The molecular weight excluding hydrogens is 302 g/mol. The number of nitrogens with one attached hydrogen (secondary N) is 1. The van der Waals surface area contributed by atoms with Crippen molar-refractivity contribution >= 4 is 5.91 Å². The first-order chi connectivity index (χ1) is 11.6. The Kier molecular flexibility index (Phi) is 7.57. The van der Waals surface area contributed by atoms with Gasteiger partial charge in [0.15, 0.2) is 0 Å². The molecule has 4 nitrogen and oxygen atoms in total. The molecule has 1 N–H and O–H groups in total. The van der Waals surface area contributed by atoms with Gasteiger partial charge in [-0.3, -0.25) is 4.79 Å². The fourth-order valence-corrected chi connectivity index (χ4v) is 3.63. The normalized spacial score (nSPS) is 16.1. The first-order valence-corrected chi connectivity index (χ1v) is 9.15. The predicted molar refractivity (Wildman–Crippen MR) is 96.4 cm³/mol. The number of methoxy groups -OCH3 is 1. The highest BCUT2D eigenvalue weighted by atomic mass is 16.5. The van der Waals surface area contributed by atoms with Crippen molar-refractivity contribution in [2.24, 2.45) is 5.92 Å². The van der Waals surface area contributed by atoms with E-state index in [1.54, 1.807) is 7.11 Å². The second-order valence-corrected chi connectivity index (χ2v) is 6.67. The van der Waals surface area contributed by atoms with Crippen LogP contribution in [0.5, 0.6) is 5.75 Å². The molecule has 1 atom stereocenters. The van der Waals surface area contributed by atoms with Gasteiger partial charge in [-0.25, -0.2) is 0 Å². The van der Waals surface area contributed by atoms with Crippen LogP contribution in [-0.2, 0) is 16.0 Å². The molecular formula is C20H31NO3. The van der Waals surface area contributed by atoms with Crippen molar-refractivity contribution in [1.82, 2.24) is 5.32 Å². The molecule has 1 aromatic carbocycles. The number of rotatable bonds is 9. The average Bonchev–Trinajstić information content (AvgIpc) is 3.08. The summed E-state index contributed by atoms with van der Waals surface area (Å²) in [4.78, 5) is 12.2. The van der Waals surface area contributed by atoms with Crippen LogP contribution >= 0.6 is 0 Å². The molecule has 0 radical (unpaired) electrons. The third-order valence-electron chi connectivity index (χ3n) is 4.84. The van der Waals surface area contributed by atoms with Crippen LogP contribution in [0.25, 0.3) is 0 Å². The van der Waals surface area contributed by atoms with Crippen molar-refractivity contribution in [3.05, 3.63) is 29.3 Å². The summed E-state index contributed by atoms with van der Waals surface area (Å²) in [6.45, 7) is 5.49. The summed E-state index contributed by atoms with van der Waals surface area (Å²) in [6.07, 6.45) is 6.69. The number of carbonyl (C=O) groups excluding carboxylic acids is 1. The summed E-state index contributed by atoms with van der Waals surface area (Å²) in [7, 11) is 1.64. The van der Waals surface area contributed by atoms with Crippen molar-refractivity contribution in [3.63, 3.8) is 0 Å². The summed E-state index contributed by atoms with van der Waals surface area (Å²) in [5, 5.41) is 3.04. The topological polar surface area (TPSA) is 47.6 Å². The quantitative estimate of drug-likeness (QED) is 0.750. The van der Waals surface area contributed by atoms with E-state index in [2.05, 4.69) is 5.32 Å². The molecule has 0 aromatic heterocycles. The van der Waals surface area contributed by atoms with E-state index in [0.29, 0.717) is 18.9 Å². The van der Waals surface area contributed by atoms with Crippen LogP contribution in [0.15, 0.2) is 18.2 Å². The fraction of sp³-hybridized carbons (Fsp3) is 0.650. The number of hydrogen-bond donors (Lipinski definition) is 1. The zero-order chi connectivity index (χ0) is 17.4. The maximum absolute atomic E-state index is 12.2. The van der Waals surface area contributed by atoms with Crippen LogP contribution in [0.3, 0.4) is 0 Å². The summed E-state index contributed by atoms with van der Waals surface area (Å²) < 4.78 is 11.3. The van der Waals surface area contributed by atoms with Gasteiger partial charge in [0.1, 0.15) is 5.75 Å². The molecule has 0 heterocycles. The van der Waals surface area contributed by atoms with E-state index in [4.69, 9.17) is 9.47 Å². The van der Waals surface area contributed by atoms with E-state index in [9.17, 15) is 4.79 Å². The lowest BCUT2D eigenvalue weighted by Gasteiger charge is -2.23. The van der Waals surface area contributed by atoms with E-state index in [1.165, 1.54) is 25.7 Å². The van der Waals surface area contributed by atoms with Crippen molar-refractivity contribution in [2.75, 3.05) is 20.3 Å². The standard InChI is InChI=1S/C20H31NO3/c1-4-24-19(16-7-5-6-8-16)11-12-21-20(22)14-17-13-15(2)9-10-18(17)23-3/h9-10,13,16,19H,4-8,11-12,14H2,1-3H3,(H,21,22)/t19-/m0/s1. The van der Waals surface area contributed by atoms with E-state index in [0.717, 1.165) is 29.9 Å². The molecule has 0 bridgehead atoms. The Morgan fingerprint density at radius 3 is 2.75 bits per heavy atom. The van der Waals surface area contributed by atoms with E-state index >= 15 is 0 Å². The SMILES string of the molecule is CCO[C@@H](CCNC(=O)Cc1cc(C)ccc1OC)C1CCCC1. The Hall–Kier alpha value is -1.55. The molecule has 0 unspecified atom stereocenters. The van der Waals surface area contributed by atoms with Gasteiger partial charge in [-0.05, 0) is 45.1 Å². The van der Waals surface area contributed by atoms with Gasteiger partial charge in [0.25, 0.3) is 0 Å². The van der Waals surface area contributed by atoms with Gasteiger partial charge in [-0.15, -0.1) is 0 Å². The number of hydrogen-bond acceptors (Lipinski definition) is 3. The summed E-state index contributed by atoms with van der Waals surface area (Å²) >= 11 is 0. The zero-order valence-corrected chi connectivity index (χ0v) is 15.3. The van der Waals surface area contributed by atoms with Crippen LogP contribution in [0.4, 0.5) is 0 Å². The first kappa shape index (κ1) is 18.8. The molecule has 2 rings (SSSR count). The monoisotopic (exact) mass is 333 g/mol. The van der Waals surface area contributed by atoms with Gasteiger partial charge in [0, 0.05) is 18.7 Å². The number of ether oxygens (including phenoxy) is 2. The molecule has 1 aliphatic carbocycles. The van der Waals surface area contributed by atoms with Crippen LogP contribution in [0.1, 0.15) is 50.2 Å². The van der Waals surface area contributed by atoms with E-state index in [1.807, 2.05) is 32.0 Å². The van der Waals surface area contributed by atoms with Gasteiger partial charge in [0.2, 0.25) is 5.91 Å². The average molecular weight is 333 g/mol. The minimum Gasteiger partial charge on any atom is -0.496 e. The van der Waals surface area contributed by atoms with Gasteiger partial charge >= 0.3 is 0 Å². The Balaban J connectivity index is 1.81. The lowest BCUT2D eigenvalue weighted by molar-refractivity contribution is -0.120. The molecule has 0 spiro atoms. The second kappa shape index (κ2) is 9.67. The minimum absolute atomic E-state index is 0.0422. The van der Waals surface area contributed by atoms with Crippen molar-refractivity contribution < 1.29 is 14.3 Å². The Bertz CT molecular complexity index is 524. The molecule has 1 aliphatic rings. The highest BCUT2D eigenvalue weighted by Gasteiger charge is 2.25. The van der Waals surface area contributed by atoms with Crippen LogP contribution in [-0.4, -0.2) is 32.3 Å². The van der Waals surface area contributed by atoms with E-state index in [-0.39, 0.29) is 12.0 Å². The third-order valence-corrected chi connectivity index (χ3v) is 4.84. The predicted octanol–water partition coefficient (Wildman–Crippen LogP) is 3.65. The Morgan fingerprint density at radius 1 is 1.33 bits per heavy atom. The number of benzene rings is 1. The largest absolute Gasteiger partial charge is 0.496 e. The molecule has 0 aliphatic heterocycles. The minimum atomic E-state index is 0.0422. The highest BCUT2D eigenvalue weighted by Crippen LogP contribution is 2.30. The Morgan fingerprint density at radius 2 is 2.08 bits per heavy atom. The van der Waals surface area contributed by atoms with Crippen molar-refractivity contribution in [1.29, 1.82) is 0 Å². The first-order valence-electron chi connectivity index (χ1n) is 9.15. The fourth-order valence-electron chi connectivity index (χ4n) is 3.63. The number of aryl methyl sites for hydroxylation is 1. The number of carbonyl (C=O) groups is 1. The molecule has 1 fully saturated rings. The number of amides is 1. The van der Waals surface area contributed by atoms with Crippen LogP contribution in [0, 0.1) is 12.8 Å². The van der Waals surface area contributed by atoms with Gasteiger partial charge < -0.3 is 14.8 Å². The summed E-state index contributed by atoms with van der Waals surface area (Å²) in [5.41, 5.74) is 2.07. The molecule has 24 heavy (non-hydrogen) atoms. The van der Waals surface area contributed by atoms with Crippen molar-refractivity contribution in [2.45, 2.75) is 58.5 Å². The molecule has 0 saturated heterocycles. The maximum Gasteiger partial charge on any atom is 0.224 e. The molecule has 134 valence electrons. The van der Waals surface area contributed by atoms with Gasteiger partial charge in [-0.2, -0.15) is 0 Å². The molecule has 4 heteroatoms. The lowest BCUT2D eigenvalue weighted by atomic mass is 9.98. The van der Waals surface area contributed by atoms with Crippen LogP contribution < -0.4 is 10.1 Å². The summed E-state index contributed by atoms with van der Waals surface area (Å²) in [6, 6.07) is 5.93. The zero-order valence-electron chi connectivity index (χ0n) is 15.3. The lowest BCUT2D eigenvalue weighted by Crippen LogP contribution is -2.31. The second-order valence-electron chi connectivity index (χ2n) is 6.67. The summed E-state index contributed by atoms with van der Waals surface area (Å²) in [5.74, 6) is 1.48. The van der Waals surface area contributed by atoms with Gasteiger partial charge in [0.05, 0.1) is 19.6 Å².